The molecule has 0 unspecified atom stereocenters. The van der Waals surface area contributed by atoms with Gasteiger partial charge in [-0.1, -0.05) is 15.9 Å². The highest BCUT2D eigenvalue weighted by atomic mass is 79.9. The standard InChI is InChI=1S/C9H12BrNO2/c1-12-8-4-3-7(10)6(5-11)9(8)13-2/h3-4H,5,11H2,1-2H3. The summed E-state index contributed by atoms with van der Waals surface area (Å²) in [5.74, 6) is 1.39. The van der Waals surface area contributed by atoms with Crippen LogP contribution in [0.1, 0.15) is 5.56 Å². The van der Waals surface area contributed by atoms with Crippen molar-refractivity contribution in [1.82, 2.24) is 0 Å². The number of ether oxygens (including phenoxy) is 2. The van der Waals surface area contributed by atoms with Crippen molar-refractivity contribution in [3.8, 4) is 11.5 Å². The maximum absolute atomic E-state index is 5.59. The zero-order valence-electron chi connectivity index (χ0n) is 7.63. The van der Waals surface area contributed by atoms with E-state index < -0.39 is 0 Å². The quantitative estimate of drug-likeness (QED) is 0.886. The summed E-state index contributed by atoms with van der Waals surface area (Å²) < 4.78 is 11.3. The van der Waals surface area contributed by atoms with Crippen LogP contribution < -0.4 is 15.2 Å². The Kier molecular flexibility index (Phi) is 3.57. The minimum absolute atomic E-state index is 0.418. The van der Waals surface area contributed by atoms with Gasteiger partial charge >= 0.3 is 0 Å². The number of hydrogen-bond acceptors (Lipinski definition) is 3. The SMILES string of the molecule is COc1ccc(Br)c(CN)c1OC. The lowest BCUT2D eigenvalue weighted by molar-refractivity contribution is 0.351. The summed E-state index contributed by atoms with van der Waals surface area (Å²) in [7, 11) is 3.20. The summed E-state index contributed by atoms with van der Waals surface area (Å²) >= 11 is 3.40. The first-order valence-electron chi connectivity index (χ1n) is 3.84. The summed E-state index contributed by atoms with van der Waals surface area (Å²) in [6.07, 6.45) is 0. The predicted octanol–water partition coefficient (Wildman–Crippen LogP) is 1.92. The summed E-state index contributed by atoms with van der Waals surface area (Å²) in [5.41, 5.74) is 6.50. The molecule has 3 nitrogen and oxygen atoms in total. The first-order valence-corrected chi connectivity index (χ1v) is 4.63. The van der Waals surface area contributed by atoms with Gasteiger partial charge in [0.25, 0.3) is 0 Å². The van der Waals surface area contributed by atoms with Gasteiger partial charge in [0.05, 0.1) is 14.2 Å². The van der Waals surface area contributed by atoms with Gasteiger partial charge in [-0.15, -0.1) is 0 Å². The Bertz CT molecular complexity index is 302. The molecule has 0 amide bonds. The van der Waals surface area contributed by atoms with E-state index >= 15 is 0 Å². The molecule has 13 heavy (non-hydrogen) atoms. The summed E-state index contributed by atoms with van der Waals surface area (Å²) in [6, 6.07) is 3.73. The van der Waals surface area contributed by atoms with Crippen LogP contribution in [0.4, 0.5) is 0 Å². The zero-order chi connectivity index (χ0) is 9.84. The fourth-order valence-electron chi connectivity index (χ4n) is 1.16. The van der Waals surface area contributed by atoms with Gasteiger partial charge < -0.3 is 15.2 Å². The molecule has 2 N–H and O–H groups in total. The highest BCUT2D eigenvalue weighted by Gasteiger charge is 2.11. The fourth-order valence-corrected chi connectivity index (χ4v) is 1.63. The molecule has 0 aliphatic rings. The van der Waals surface area contributed by atoms with Crippen molar-refractivity contribution in [1.29, 1.82) is 0 Å². The lowest BCUT2D eigenvalue weighted by Gasteiger charge is -2.12. The minimum Gasteiger partial charge on any atom is -0.493 e. The molecule has 1 rings (SSSR count). The van der Waals surface area contributed by atoms with Crippen molar-refractivity contribution in [2.45, 2.75) is 6.54 Å². The van der Waals surface area contributed by atoms with Gasteiger partial charge in [0.2, 0.25) is 0 Å². The van der Waals surface area contributed by atoms with Crippen LogP contribution >= 0.6 is 15.9 Å². The van der Waals surface area contributed by atoms with Crippen molar-refractivity contribution < 1.29 is 9.47 Å². The Labute approximate surface area is 86.0 Å². The van der Waals surface area contributed by atoms with Crippen molar-refractivity contribution in [2.24, 2.45) is 5.73 Å². The van der Waals surface area contributed by atoms with Gasteiger partial charge in [0.15, 0.2) is 11.5 Å². The van der Waals surface area contributed by atoms with E-state index in [4.69, 9.17) is 15.2 Å². The van der Waals surface area contributed by atoms with E-state index in [9.17, 15) is 0 Å². The van der Waals surface area contributed by atoms with Crippen LogP contribution in [-0.2, 0) is 6.54 Å². The normalized spacial score (nSPS) is 9.85. The average Bonchev–Trinajstić information content (AvgIpc) is 2.17. The van der Waals surface area contributed by atoms with E-state index in [1.54, 1.807) is 14.2 Å². The number of rotatable bonds is 3. The van der Waals surface area contributed by atoms with Gasteiger partial charge in [-0.3, -0.25) is 0 Å². The van der Waals surface area contributed by atoms with E-state index in [0.29, 0.717) is 18.0 Å². The van der Waals surface area contributed by atoms with Crippen molar-refractivity contribution in [3.05, 3.63) is 22.2 Å². The third-order valence-corrected chi connectivity index (χ3v) is 2.54. The van der Waals surface area contributed by atoms with Gasteiger partial charge in [-0.2, -0.15) is 0 Å². The van der Waals surface area contributed by atoms with Crippen LogP contribution in [0.15, 0.2) is 16.6 Å². The maximum atomic E-state index is 5.59. The molecule has 0 heterocycles. The van der Waals surface area contributed by atoms with E-state index in [0.717, 1.165) is 10.0 Å². The highest BCUT2D eigenvalue weighted by Crippen LogP contribution is 2.35. The van der Waals surface area contributed by atoms with E-state index in [1.165, 1.54) is 0 Å². The van der Waals surface area contributed by atoms with Crippen LogP contribution in [0.2, 0.25) is 0 Å². The molecule has 0 aliphatic heterocycles. The topological polar surface area (TPSA) is 44.5 Å². The molecule has 0 spiro atoms. The molecule has 0 atom stereocenters. The molecule has 0 bridgehead atoms. The molecule has 0 aliphatic carbocycles. The summed E-state index contributed by atoms with van der Waals surface area (Å²) in [6.45, 7) is 0.418. The third kappa shape index (κ3) is 1.95. The zero-order valence-corrected chi connectivity index (χ0v) is 9.22. The predicted molar refractivity (Wildman–Crippen MR) is 55.1 cm³/mol. The van der Waals surface area contributed by atoms with Gasteiger partial charge in [-0.05, 0) is 12.1 Å². The monoisotopic (exact) mass is 245 g/mol. The van der Waals surface area contributed by atoms with Gasteiger partial charge in [-0.25, -0.2) is 0 Å². The first kappa shape index (κ1) is 10.3. The number of methoxy groups -OCH3 is 2. The van der Waals surface area contributed by atoms with Crippen molar-refractivity contribution in [2.75, 3.05) is 14.2 Å². The molecule has 1 aromatic carbocycles. The molecule has 0 aromatic heterocycles. The Morgan fingerprint density at radius 3 is 2.46 bits per heavy atom. The molecule has 72 valence electrons. The van der Waals surface area contributed by atoms with E-state index in [-0.39, 0.29) is 0 Å². The smallest absolute Gasteiger partial charge is 0.166 e. The second-order valence-electron chi connectivity index (χ2n) is 2.47. The summed E-state index contributed by atoms with van der Waals surface area (Å²) in [4.78, 5) is 0. The van der Waals surface area contributed by atoms with Crippen molar-refractivity contribution >= 4 is 15.9 Å². The molecular weight excluding hydrogens is 234 g/mol. The van der Waals surface area contributed by atoms with Crippen LogP contribution in [0.5, 0.6) is 11.5 Å². The second kappa shape index (κ2) is 4.48. The average molecular weight is 246 g/mol. The molecule has 0 fully saturated rings. The number of halogens is 1. The Morgan fingerprint density at radius 1 is 1.31 bits per heavy atom. The highest BCUT2D eigenvalue weighted by molar-refractivity contribution is 9.10. The Morgan fingerprint density at radius 2 is 2.00 bits per heavy atom. The van der Waals surface area contributed by atoms with Crippen LogP contribution in [0.25, 0.3) is 0 Å². The van der Waals surface area contributed by atoms with E-state index in [2.05, 4.69) is 15.9 Å². The molecule has 0 saturated carbocycles. The Hall–Kier alpha value is -0.740. The Balaban J connectivity index is 3.27. The van der Waals surface area contributed by atoms with Crippen LogP contribution in [0, 0.1) is 0 Å². The number of benzene rings is 1. The molecule has 0 radical (unpaired) electrons. The van der Waals surface area contributed by atoms with Crippen molar-refractivity contribution in [3.63, 3.8) is 0 Å². The lowest BCUT2D eigenvalue weighted by Crippen LogP contribution is -2.02. The van der Waals surface area contributed by atoms with Gasteiger partial charge in [0, 0.05) is 16.6 Å². The van der Waals surface area contributed by atoms with Crippen LogP contribution in [0.3, 0.4) is 0 Å². The number of hydrogen-bond donors (Lipinski definition) is 1. The largest absolute Gasteiger partial charge is 0.493 e. The third-order valence-electron chi connectivity index (χ3n) is 1.80. The maximum Gasteiger partial charge on any atom is 0.166 e. The molecule has 4 heteroatoms. The fraction of sp³-hybridized carbons (Fsp3) is 0.333. The molecule has 0 saturated heterocycles. The molecular formula is C9H12BrNO2. The second-order valence-corrected chi connectivity index (χ2v) is 3.32. The first-order chi connectivity index (χ1) is 6.24. The molecule has 1 aromatic rings. The van der Waals surface area contributed by atoms with E-state index in [1.807, 2.05) is 12.1 Å². The lowest BCUT2D eigenvalue weighted by atomic mass is 10.2. The van der Waals surface area contributed by atoms with Gasteiger partial charge in [0.1, 0.15) is 0 Å². The summed E-state index contributed by atoms with van der Waals surface area (Å²) in [5, 5.41) is 0. The number of nitrogens with two attached hydrogens (primary N) is 1. The van der Waals surface area contributed by atoms with Crippen LogP contribution in [-0.4, -0.2) is 14.2 Å². The minimum atomic E-state index is 0.418.